The molecular formula is C18H22N4O3. The van der Waals surface area contributed by atoms with Crippen LogP contribution in [0.3, 0.4) is 0 Å². The highest BCUT2D eigenvalue weighted by molar-refractivity contribution is 5.95. The molecule has 2 aliphatic heterocycles. The van der Waals surface area contributed by atoms with Crippen molar-refractivity contribution in [3.8, 4) is 0 Å². The molecule has 0 aliphatic carbocycles. The van der Waals surface area contributed by atoms with Gasteiger partial charge in [-0.25, -0.2) is 4.98 Å². The third-order valence-corrected chi connectivity index (χ3v) is 5.14. The predicted octanol–water partition coefficient (Wildman–Crippen LogP) is 1.90. The van der Waals surface area contributed by atoms with E-state index in [1.165, 1.54) is 6.26 Å². The van der Waals surface area contributed by atoms with Crippen molar-refractivity contribution < 1.29 is 9.21 Å². The van der Waals surface area contributed by atoms with E-state index < -0.39 is 0 Å². The molecule has 2 aromatic rings. The van der Waals surface area contributed by atoms with Gasteiger partial charge in [0, 0.05) is 38.2 Å². The number of carbonyl (C=O) groups excluding carboxylic acids is 1. The number of anilines is 1. The maximum Gasteiger partial charge on any atom is 0.257 e. The Morgan fingerprint density at radius 1 is 1.32 bits per heavy atom. The molecule has 0 spiro atoms. The third-order valence-electron chi connectivity index (χ3n) is 5.14. The Kier molecular flexibility index (Phi) is 4.07. The van der Waals surface area contributed by atoms with Crippen LogP contribution in [0.15, 0.2) is 27.6 Å². The molecule has 25 heavy (non-hydrogen) atoms. The maximum absolute atomic E-state index is 12.6. The van der Waals surface area contributed by atoms with Crippen LogP contribution in [0, 0.1) is 6.92 Å². The average molecular weight is 342 g/mol. The van der Waals surface area contributed by atoms with E-state index in [-0.39, 0.29) is 17.4 Å². The highest BCUT2D eigenvalue weighted by Crippen LogP contribution is 2.28. The molecule has 0 saturated carbocycles. The summed E-state index contributed by atoms with van der Waals surface area (Å²) in [7, 11) is 0. The molecule has 2 aromatic heterocycles. The number of hydrogen-bond acceptors (Lipinski definition) is 5. The average Bonchev–Trinajstić information content (AvgIpc) is 3.35. The van der Waals surface area contributed by atoms with Crippen molar-refractivity contribution in [3.63, 3.8) is 0 Å². The Morgan fingerprint density at radius 2 is 2.12 bits per heavy atom. The zero-order valence-electron chi connectivity index (χ0n) is 14.3. The van der Waals surface area contributed by atoms with Gasteiger partial charge in [0.15, 0.2) is 0 Å². The first-order chi connectivity index (χ1) is 12.1. The van der Waals surface area contributed by atoms with Crippen LogP contribution in [0.1, 0.15) is 47.0 Å². The number of H-pyrrole nitrogens is 1. The van der Waals surface area contributed by atoms with Crippen molar-refractivity contribution in [2.45, 2.75) is 32.1 Å². The number of furan rings is 1. The quantitative estimate of drug-likeness (QED) is 0.921. The fourth-order valence-corrected chi connectivity index (χ4v) is 3.71. The summed E-state index contributed by atoms with van der Waals surface area (Å²) in [5.41, 5.74) is 1.27. The predicted molar refractivity (Wildman–Crippen MR) is 93.0 cm³/mol. The molecule has 0 bridgehead atoms. The first-order valence-electron chi connectivity index (χ1n) is 8.81. The Balaban J connectivity index is 1.52. The van der Waals surface area contributed by atoms with E-state index >= 15 is 0 Å². The van der Waals surface area contributed by atoms with Gasteiger partial charge in [-0.05, 0) is 32.3 Å². The summed E-state index contributed by atoms with van der Waals surface area (Å²) in [6, 6.07) is 3.28. The Morgan fingerprint density at radius 3 is 2.84 bits per heavy atom. The number of likely N-dealkylation sites (tertiary alicyclic amines) is 1. The molecule has 2 fully saturated rings. The summed E-state index contributed by atoms with van der Waals surface area (Å²) in [4.78, 5) is 36.1. The number of nitrogens with one attached hydrogen (secondary N) is 1. The lowest BCUT2D eigenvalue weighted by Crippen LogP contribution is -2.29. The smallest absolute Gasteiger partial charge is 0.257 e. The van der Waals surface area contributed by atoms with Crippen LogP contribution in [0.5, 0.6) is 0 Å². The summed E-state index contributed by atoms with van der Waals surface area (Å²) in [6.07, 6.45) is 4.61. The van der Waals surface area contributed by atoms with Crippen molar-refractivity contribution in [1.82, 2.24) is 14.9 Å². The van der Waals surface area contributed by atoms with Crippen LogP contribution < -0.4 is 10.5 Å². The minimum Gasteiger partial charge on any atom is -0.469 e. The second-order valence-electron chi connectivity index (χ2n) is 6.82. The summed E-state index contributed by atoms with van der Waals surface area (Å²) in [5.74, 6) is 1.38. The van der Waals surface area contributed by atoms with Gasteiger partial charge in [-0.3, -0.25) is 14.6 Å². The van der Waals surface area contributed by atoms with Gasteiger partial charge in [0.1, 0.15) is 5.76 Å². The van der Waals surface area contributed by atoms with Crippen molar-refractivity contribution in [3.05, 3.63) is 45.8 Å². The SMILES string of the molecule is Cc1occc1C(=O)N1CCC(c2cc(=O)[nH]c(N3CCCC3)n2)C1. The van der Waals surface area contributed by atoms with Gasteiger partial charge >= 0.3 is 0 Å². The number of hydrogen-bond donors (Lipinski definition) is 1. The van der Waals surface area contributed by atoms with Crippen LogP contribution in [0.2, 0.25) is 0 Å². The van der Waals surface area contributed by atoms with Crippen molar-refractivity contribution >= 4 is 11.9 Å². The lowest BCUT2D eigenvalue weighted by Gasteiger charge is -2.18. The molecule has 2 aliphatic rings. The van der Waals surface area contributed by atoms with Crippen LogP contribution in [0.4, 0.5) is 5.95 Å². The van der Waals surface area contributed by atoms with Crippen molar-refractivity contribution in [2.75, 3.05) is 31.1 Å². The standard InChI is InChI=1S/C18H22N4O3/c1-12-14(5-9-25-12)17(24)22-8-4-13(11-22)15-10-16(23)20-18(19-15)21-6-2-3-7-21/h5,9-10,13H,2-4,6-8,11H2,1H3,(H,19,20,23). The van der Waals surface area contributed by atoms with Gasteiger partial charge < -0.3 is 14.2 Å². The summed E-state index contributed by atoms with van der Waals surface area (Å²) in [5, 5.41) is 0. The largest absolute Gasteiger partial charge is 0.469 e. The zero-order chi connectivity index (χ0) is 17.4. The lowest BCUT2D eigenvalue weighted by molar-refractivity contribution is 0.0789. The number of aryl methyl sites for hydroxylation is 1. The summed E-state index contributed by atoms with van der Waals surface area (Å²) < 4.78 is 5.23. The number of aromatic nitrogens is 2. The van der Waals surface area contributed by atoms with E-state index in [9.17, 15) is 9.59 Å². The molecule has 0 radical (unpaired) electrons. The minimum absolute atomic E-state index is 0.0154. The van der Waals surface area contributed by atoms with Gasteiger partial charge in [0.05, 0.1) is 17.5 Å². The van der Waals surface area contributed by atoms with E-state index in [1.54, 1.807) is 19.1 Å². The van der Waals surface area contributed by atoms with Gasteiger partial charge in [-0.1, -0.05) is 0 Å². The van der Waals surface area contributed by atoms with Crippen LogP contribution in [0.25, 0.3) is 0 Å². The number of aromatic amines is 1. The maximum atomic E-state index is 12.6. The first kappa shape index (κ1) is 15.9. The molecule has 1 amide bonds. The Bertz CT molecular complexity index is 835. The highest BCUT2D eigenvalue weighted by atomic mass is 16.3. The number of carbonyl (C=O) groups is 1. The fraction of sp³-hybridized carbons (Fsp3) is 0.500. The van der Waals surface area contributed by atoms with Crippen LogP contribution in [-0.4, -0.2) is 47.0 Å². The molecule has 132 valence electrons. The van der Waals surface area contributed by atoms with E-state index in [0.717, 1.165) is 38.0 Å². The topological polar surface area (TPSA) is 82.4 Å². The third kappa shape index (κ3) is 3.06. The molecule has 0 aromatic carbocycles. The Hall–Kier alpha value is -2.57. The van der Waals surface area contributed by atoms with E-state index in [2.05, 4.69) is 14.9 Å². The fourth-order valence-electron chi connectivity index (χ4n) is 3.71. The molecule has 4 rings (SSSR count). The monoisotopic (exact) mass is 342 g/mol. The molecule has 1 atom stereocenters. The molecule has 1 N–H and O–H groups in total. The van der Waals surface area contributed by atoms with Gasteiger partial charge in [0.25, 0.3) is 11.5 Å². The number of nitrogens with zero attached hydrogens (tertiary/aromatic N) is 3. The zero-order valence-corrected chi connectivity index (χ0v) is 14.3. The second-order valence-corrected chi connectivity index (χ2v) is 6.82. The normalized spacial score (nSPS) is 20.4. The molecular weight excluding hydrogens is 320 g/mol. The number of rotatable bonds is 3. The summed E-state index contributed by atoms with van der Waals surface area (Å²) in [6.45, 7) is 4.91. The van der Waals surface area contributed by atoms with Gasteiger partial charge in [0.2, 0.25) is 5.95 Å². The van der Waals surface area contributed by atoms with Crippen LogP contribution in [-0.2, 0) is 0 Å². The highest BCUT2D eigenvalue weighted by Gasteiger charge is 2.30. The molecule has 7 heteroatoms. The minimum atomic E-state index is -0.123. The van der Waals surface area contributed by atoms with Crippen molar-refractivity contribution in [2.24, 2.45) is 0 Å². The first-order valence-corrected chi connectivity index (χ1v) is 8.81. The van der Waals surface area contributed by atoms with Crippen LogP contribution >= 0.6 is 0 Å². The van der Waals surface area contributed by atoms with Crippen molar-refractivity contribution in [1.29, 1.82) is 0 Å². The Labute approximate surface area is 145 Å². The molecule has 4 heterocycles. The summed E-state index contributed by atoms with van der Waals surface area (Å²) >= 11 is 0. The van der Waals surface area contributed by atoms with E-state index in [1.807, 2.05) is 4.90 Å². The van der Waals surface area contributed by atoms with E-state index in [4.69, 9.17) is 4.42 Å². The van der Waals surface area contributed by atoms with Gasteiger partial charge in [-0.2, -0.15) is 0 Å². The second kappa shape index (κ2) is 6.38. The molecule has 1 unspecified atom stereocenters. The van der Waals surface area contributed by atoms with E-state index in [0.29, 0.717) is 30.4 Å². The lowest BCUT2D eigenvalue weighted by atomic mass is 10.0. The number of amides is 1. The molecule has 7 nitrogen and oxygen atoms in total. The van der Waals surface area contributed by atoms with Gasteiger partial charge in [-0.15, -0.1) is 0 Å². The molecule has 2 saturated heterocycles.